The third-order valence-electron chi connectivity index (χ3n) is 4.18. The van der Waals surface area contributed by atoms with Gasteiger partial charge in [-0.25, -0.2) is 0 Å². The molecule has 0 saturated heterocycles. The first-order valence-electron chi connectivity index (χ1n) is 9.49. The Kier molecular flexibility index (Phi) is 18.6. The van der Waals surface area contributed by atoms with Crippen LogP contribution in [0, 0.1) is 0 Å². The molecule has 25 heavy (non-hydrogen) atoms. The number of ether oxygens (including phenoxy) is 3. The van der Waals surface area contributed by atoms with Gasteiger partial charge in [-0.1, -0.05) is 19.3 Å². The lowest BCUT2D eigenvalue weighted by Gasteiger charge is -2.22. The number of aliphatic imine (C=N–C) groups is 1. The Labute approximate surface area is 170 Å². The summed E-state index contributed by atoms with van der Waals surface area (Å²) in [5.74, 6) is 0.868. The third kappa shape index (κ3) is 14.7. The summed E-state index contributed by atoms with van der Waals surface area (Å²) in [6, 6.07) is 0. The minimum atomic E-state index is 0. The van der Waals surface area contributed by atoms with E-state index in [2.05, 4.69) is 15.6 Å². The van der Waals surface area contributed by atoms with Gasteiger partial charge in [0.25, 0.3) is 0 Å². The maximum Gasteiger partial charge on any atom is 0.190 e. The van der Waals surface area contributed by atoms with Crippen molar-refractivity contribution in [3.8, 4) is 0 Å². The van der Waals surface area contributed by atoms with Crippen molar-refractivity contribution in [2.75, 3.05) is 53.7 Å². The summed E-state index contributed by atoms with van der Waals surface area (Å²) in [6.07, 6.45) is 10.2. The lowest BCUT2D eigenvalue weighted by Crippen LogP contribution is -2.38. The van der Waals surface area contributed by atoms with E-state index in [-0.39, 0.29) is 24.0 Å². The zero-order valence-electron chi connectivity index (χ0n) is 16.1. The molecule has 0 atom stereocenters. The molecule has 7 heteroatoms. The van der Waals surface area contributed by atoms with Gasteiger partial charge in [0, 0.05) is 40.5 Å². The second-order valence-electron chi connectivity index (χ2n) is 6.22. The first kappa shape index (κ1) is 24.9. The smallest absolute Gasteiger partial charge is 0.190 e. The van der Waals surface area contributed by atoms with Crippen molar-refractivity contribution < 1.29 is 14.2 Å². The Morgan fingerprint density at radius 3 is 2.32 bits per heavy atom. The maximum absolute atomic E-state index is 5.93. The number of guanidine groups is 1. The van der Waals surface area contributed by atoms with Gasteiger partial charge in [0.2, 0.25) is 0 Å². The Balaban J connectivity index is 0.00000576. The molecule has 0 spiro atoms. The number of methoxy groups -OCH3 is 1. The zero-order valence-corrected chi connectivity index (χ0v) is 18.4. The largest absolute Gasteiger partial charge is 0.382 e. The summed E-state index contributed by atoms with van der Waals surface area (Å²) in [5.41, 5.74) is 0. The van der Waals surface area contributed by atoms with Crippen LogP contribution < -0.4 is 10.6 Å². The highest BCUT2D eigenvalue weighted by Gasteiger charge is 2.12. The van der Waals surface area contributed by atoms with Crippen LogP contribution in [0.5, 0.6) is 0 Å². The molecule has 150 valence electrons. The lowest BCUT2D eigenvalue weighted by atomic mass is 9.98. The molecule has 1 saturated carbocycles. The fraction of sp³-hybridized carbons (Fsp3) is 0.944. The van der Waals surface area contributed by atoms with Gasteiger partial charge in [-0.15, -0.1) is 24.0 Å². The third-order valence-corrected chi connectivity index (χ3v) is 4.18. The minimum Gasteiger partial charge on any atom is -0.382 e. The fourth-order valence-corrected chi connectivity index (χ4v) is 2.76. The van der Waals surface area contributed by atoms with Gasteiger partial charge in [-0.2, -0.15) is 0 Å². The van der Waals surface area contributed by atoms with Gasteiger partial charge in [-0.05, 0) is 32.1 Å². The predicted molar refractivity (Wildman–Crippen MR) is 114 cm³/mol. The minimum absolute atomic E-state index is 0. The van der Waals surface area contributed by atoms with E-state index < -0.39 is 0 Å². The van der Waals surface area contributed by atoms with E-state index in [9.17, 15) is 0 Å². The average Bonchev–Trinajstić information content (AvgIpc) is 2.62. The number of rotatable bonds is 13. The van der Waals surface area contributed by atoms with Gasteiger partial charge < -0.3 is 24.8 Å². The summed E-state index contributed by atoms with van der Waals surface area (Å²) in [7, 11) is 3.50. The van der Waals surface area contributed by atoms with E-state index in [1.807, 2.05) is 7.05 Å². The van der Waals surface area contributed by atoms with Crippen LogP contribution in [-0.2, 0) is 14.2 Å². The quantitative estimate of drug-likeness (QED) is 0.187. The Morgan fingerprint density at radius 1 is 0.920 bits per heavy atom. The van der Waals surface area contributed by atoms with Crippen molar-refractivity contribution in [1.29, 1.82) is 0 Å². The number of halogens is 1. The molecule has 1 rings (SSSR count). The molecular formula is C18H38IN3O3. The van der Waals surface area contributed by atoms with E-state index in [0.717, 1.165) is 51.5 Å². The summed E-state index contributed by atoms with van der Waals surface area (Å²) in [5, 5.41) is 6.67. The zero-order chi connectivity index (χ0) is 17.3. The topological polar surface area (TPSA) is 64.1 Å². The fourth-order valence-electron chi connectivity index (χ4n) is 2.76. The Morgan fingerprint density at radius 2 is 1.64 bits per heavy atom. The van der Waals surface area contributed by atoms with Gasteiger partial charge in [0.15, 0.2) is 5.96 Å². The highest BCUT2D eigenvalue weighted by Crippen LogP contribution is 2.20. The molecule has 0 radical (unpaired) electrons. The van der Waals surface area contributed by atoms with Crippen LogP contribution in [0.4, 0.5) is 0 Å². The van der Waals surface area contributed by atoms with E-state index in [1.54, 1.807) is 7.11 Å². The van der Waals surface area contributed by atoms with E-state index in [0.29, 0.717) is 19.3 Å². The molecule has 1 fully saturated rings. The van der Waals surface area contributed by atoms with Crippen molar-refractivity contribution in [3.05, 3.63) is 0 Å². The number of hydrogen-bond acceptors (Lipinski definition) is 4. The molecule has 2 N–H and O–H groups in total. The molecule has 0 heterocycles. The SMILES string of the molecule is CN=C(NCCCCOCCOC)NCCCOC1CCCCC1.I. The Bertz CT molecular complexity index is 314. The molecule has 0 aromatic rings. The molecular weight excluding hydrogens is 433 g/mol. The van der Waals surface area contributed by atoms with Crippen molar-refractivity contribution >= 4 is 29.9 Å². The highest BCUT2D eigenvalue weighted by atomic mass is 127. The normalized spacial score (nSPS) is 15.7. The van der Waals surface area contributed by atoms with Crippen molar-refractivity contribution in [2.24, 2.45) is 4.99 Å². The van der Waals surface area contributed by atoms with Crippen LogP contribution in [0.1, 0.15) is 51.4 Å². The van der Waals surface area contributed by atoms with Crippen molar-refractivity contribution in [3.63, 3.8) is 0 Å². The Hall–Kier alpha value is -0.120. The van der Waals surface area contributed by atoms with Crippen LogP contribution in [-0.4, -0.2) is 65.7 Å². The molecule has 0 bridgehead atoms. The molecule has 0 aromatic carbocycles. The molecule has 0 aromatic heterocycles. The number of nitrogens with one attached hydrogen (secondary N) is 2. The summed E-state index contributed by atoms with van der Waals surface area (Å²) in [4.78, 5) is 4.24. The molecule has 6 nitrogen and oxygen atoms in total. The van der Waals surface area contributed by atoms with Crippen LogP contribution in [0.15, 0.2) is 4.99 Å². The van der Waals surface area contributed by atoms with E-state index in [1.165, 1.54) is 32.1 Å². The second kappa shape index (κ2) is 18.7. The summed E-state index contributed by atoms with van der Waals surface area (Å²) < 4.78 is 16.3. The average molecular weight is 471 g/mol. The lowest BCUT2D eigenvalue weighted by molar-refractivity contribution is 0.0277. The van der Waals surface area contributed by atoms with E-state index in [4.69, 9.17) is 14.2 Å². The van der Waals surface area contributed by atoms with Gasteiger partial charge in [0.05, 0.1) is 19.3 Å². The first-order valence-corrected chi connectivity index (χ1v) is 9.49. The number of unbranched alkanes of at least 4 members (excludes halogenated alkanes) is 1. The van der Waals surface area contributed by atoms with Crippen molar-refractivity contribution in [2.45, 2.75) is 57.5 Å². The van der Waals surface area contributed by atoms with Crippen LogP contribution in [0.3, 0.4) is 0 Å². The second-order valence-corrected chi connectivity index (χ2v) is 6.22. The molecule has 0 amide bonds. The highest BCUT2D eigenvalue weighted by molar-refractivity contribution is 14.0. The standard InChI is InChI=1S/C18H37N3O3.HI/c1-19-18(20-11-6-7-13-23-16-15-22-2)21-12-8-14-24-17-9-4-3-5-10-17;/h17H,3-16H2,1-2H3,(H2,19,20,21);1H. The van der Waals surface area contributed by atoms with Crippen LogP contribution in [0.25, 0.3) is 0 Å². The van der Waals surface area contributed by atoms with Gasteiger partial charge >= 0.3 is 0 Å². The predicted octanol–water partition coefficient (Wildman–Crippen LogP) is 2.95. The monoisotopic (exact) mass is 471 g/mol. The number of hydrogen-bond donors (Lipinski definition) is 2. The molecule has 1 aliphatic carbocycles. The van der Waals surface area contributed by atoms with Crippen molar-refractivity contribution in [1.82, 2.24) is 10.6 Å². The van der Waals surface area contributed by atoms with E-state index >= 15 is 0 Å². The van der Waals surface area contributed by atoms with Gasteiger partial charge in [-0.3, -0.25) is 4.99 Å². The maximum atomic E-state index is 5.93. The van der Waals surface area contributed by atoms with Crippen LogP contribution in [0.2, 0.25) is 0 Å². The molecule has 0 unspecified atom stereocenters. The molecule has 0 aliphatic heterocycles. The first-order chi connectivity index (χ1) is 11.9. The summed E-state index contributed by atoms with van der Waals surface area (Å²) >= 11 is 0. The van der Waals surface area contributed by atoms with Gasteiger partial charge in [0.1, 0.15) is 0 Å². The van der Waals surface area contributed by atoms with Crippen LogP contribution >= 0.6 is 24.0 Å². The summed E-state index contributed by atoms with van der Waals surface area (Å²) in [6.45, 7) is 4.77. The molecule has 1 aliphatic rings. The number of nitrogens with zero attached hydrogens (tertiary/aromatic N) is 1.